The summed E-state index contributed by atoms with van der Waals surface area (Å²) in [6, 6.07) is 5.43. The number of esters is 1. The van der Waals surface area contributed by atoms with Crippen molar-refractivity contribution in [2.24, 2.45) is 0 Å². The van der Waals surface area contributed by atoms with Gasteiger partial charge in [0.25, 0.3) is 0 Å². The zero-order valence-electron chi connectivity index (χ0n) is 12.6. The smallest absolute Gasteiger partial charge is 0.310 e. The van der Waals surface area contributed by atoms with E-state index in [4.69, 9.17) is 14.2 Å². The van der Waals surface area contributed by atoms with Gasteiger partial charge in [0.05, 0.1) is 20.1 Å². The van der Waals surface area contributed by atoms with Crippen molar-refractivity contribution in [3.8, 4) is 11.5 Å². The fraction of sp³-hybridized carbons (Fsp3) is 0.438. The highest BCUT2D eigenvalue weighted by molar-refractivity contribution is 9.11. The summed E-state index contributed by atoms with van der Waals surface area (Å²) >= 11 is 3.25. The SMILES string of the molecule is CCOC(=O)Cc1ccc(OC)cc1OC(/C=C/Br)CC. The van der Waals surface area contributed by atoms with Gasteiger partial charge in [0, 0.05) is 11.6 Å². The van der Waals surface area contributed by atoms with Gasteiger partial charge in [0.1, 0.15) is 17.6 Å². The first-order valence-corrected chi connectivity index (χ1v) is 7.82. The molecule has 5 heteroatoms. The number of methoxy groups -OCH3 is 1. The lowest BCUT2D eigenvalue weighted by Crippen LogP contribution is -2.15. The van der Waals surface area contributed by atoms with Crippen molar-refractivity contribution < 1.29 is 19.0 Å². The van der Waals surface area contributed by atoms with Crippen molar-refractivity contribution in [2.45, 2.75) is 32.8 Å². The molecular formula is C16H21BrO4. The molecular weight excluding hydrogens is 336 g/mol. The molecule has 1 atom stereocenters. The Labute approximate surface area is 134 Å². The summed E-state index contributed by atoms with van der Waals surface area (Å²) in [5.41, 5.74) is 0.788. The van der Waals surface area contributed by atoms with Gasteiger partial charge in [-0.3, -0.25) is 4.79 Å². The van der Waals surface area contributed by atoms with Crippen LogP contribution in [0.15, 0.2) is 29.3 Å². The maximum Gasteiger partial charge on any atom is 0.310 e. The predicted octanol–water partition coefficient (Wildman–Crippen LogP) is 3.87. The Morgan fingerprint density at radius 2 is 2.14 bits per heavy atom. The van der Waals surface area contributed by atoms with E-state index in [1.54, 1.807) is 25.1 Å². The second-order valence-corrected chi connectivity index (χ2v) is 4.87. The molecule has 0 aliphatic carbocycles. The summed E-state index contributed by atoms with van der Waals surface area (Å²) in [7, 11) is 1.60. The minimum absolute atomic E-state index is 0.0718. The Kier molecular flexibility index (Phi) is 7.90. The highest BCUT2D eigenvalue weighted by Crippen LogP contribution is 2.27. The van der Waals surface area contributed by atoms with E-state index < -0.39 is 0 Å². The van der Waals surface area contributed by atoms with Crippen LogP contribution in [-0.2, 0) is 16.0 Å². The van der Waals surface area contributed by atoms with E-state index in [1.165, 1.54) is 0 Å². The normalized spacial score (nSPS) is 12.2. The summed E-state index contributed by atoms with van der Waals surface area (Å²) in [5, 5.41) is 0. The molecule has 0 radical (unpaired) electrons. The quantitative estimate of drug-likeness (QED) is 0.663. The number of halogens is 1. The van der Waals surface area contributed by atoms with E-state index in [2.05, 4.69) is 15.9 Å². The lowest BCUT2D eigenvalue weighted by atomic mass is 10.1. The largest absolute Gasteiger partial charge is 0.497 e. The van der Waals surface area contributed by atoms with Crippen LogP contribution in [0.3, 0.4) is 0 Å². The van der Waals surface area contributed by atoms with Crippen LogP contribution in [0.1, 0.15) is 25.8 Å². The zero-order valence-corrected chi connectivity index (χ0v) is 14.2. The first-order valence-electron chi connectivity index (χ1n) is 6.90. The fourth-order valence-corrected chi connectivity index (χ4v) is 2.13. The number of hydrogen-bond acceptors (Lipinski definition) is 4. The topological polar surface area (TPSA) is 44.8 Å². The Bertz CT molecular complexity index is 485. The molecule has 1 rings (SSSR count). The maximum atomic E-state index is 11.7. The predicted molar refractivity (Wildman–Crippen MR) is 86.1 cm³/mol. The van der Waals surface area contributed by atoms with Crippen molar-refractivity contribution >= 4 is 21.9 Å². The molecule has 0 fully saturated rings. The van der Waals surface area contributed by atoms with Crippen LogP contribution in [0.4, 0.5) is 0 Å². The molecule has 0 aliphatic heterocycles. The number of carbonyl (C=O) groups excluding carboxylic acids is 1. The maximum absolute atomic E-state index is 11.7. The molecule has 1 aromatic carbocycles. The first kappa shape index (κ1) is 17.6. The third-order valence-corrected chi connectivity index (χ3v) is 3.19. The van der Waals surface area contributed by atoms with Gasteiger partial charge >= 0.3 is 5.97 Å². The molecule has 0 aliphatic rings. The Morgan fingerprint density at radius 3 is 2.71 bits per heavy atom. The lowest BCUT2D eigenvalue weighted by molar-refractivity contribution is -0.142. The standard InChI is InChI=1S/C16H21BrO4/c1-4-13(8-9-17)21-15-11-14(19-3)7-6-12(15)10-16(18)20-5-2/h6-9,11,13H,4-5,10H2,1-3H3/b9-8+. The average Bonchev–Trinajstić information content (AvgIpc) is 2.48. The second kappa shape index (κ2) is 9.45. The fourth-order valence-electron chi connectivity index (χ4n) is 1.79. The van der Waals surface area contributed by atoms with E-state index >= 15 is 0 Å². The summed E-state index contributed by atoms with van der Waals surface area (Å²) in [6.07, 6.45) is 2.84. The molecule has 0 saturated heterocycles. The number of rotatable bonds is 8. The second-order valence-electron chi connectivity index (χ2n) is 4.34. The minimum atomic E-state index is -0.267. The van der Waals surface area contributed by atoms with Crippen LogP contribution < -0.4 is 9.47 Å². The molecule has 0 amide bonds. The summed E-state index contributed by atoms with van der Waals surface area (Å²) in [5.74, 6) is 1.06. The molecule has 1 aromatic rings. The molecule has 4 nitrogen and oxygen atoms in total. The number of ether oxygens (including phenoxy) is 3. The van der Waals surface area contributed by atoms with E-state index in [-0.39, 0.29) is 18.5 Å². The van der Waals surface area contributed by atoms with Gasteiger partial charge in [-0.15, -0.1) is 0 Å². The highest BCUT2D eigenvalue weighted by Gasteiger charge is 2.14. The van der Waals surface area contributed by atoms with Crippen LogP contribution in [0, 0.1) is 0 Å². The molecule has 0 aromatic heterocycles. The number of carbonyl (C=O) groups is 1. The van der Waals surface area contributed by atoms with Gasteiger partial charge in [-0.25, -0.2) is 0 Å². The zero-order chi connectivity index (χ0) is 15.7. The van der Waals surface area contributed by atoms with Crippen molar-refractivity contribution in [3.63, 3.8) is 0 Å². The van der Waals surface area contributed by atoms with E-state index in [0.717, 1.165) is 12.0 Å². The molecule has 0 heterocycles. The van der Waals surface area contributed by atoms with Crippen molar-refractivity contribution in [1.29, 1.82) is 0 Å². The molecule has 1 unspecified atom stereocenters. The number of benzene rings is 1. The lowest BCUT2D eigenvalue weighted by Gasteiger charge is -2.17. The summed E-state index contributed by atoms with van der Waals surface area (Å²) < 4.78 is 16.2. The Morgan fingerprint density at radius 1 is 1.38 bits per heavy atom. The van der Waals surface area contributed by atoms with Gasteiger partial charge in [0.15, 0.2) is 0 Å². The van der Waals surface area contributed by atoms with E-state index in [0.29, 0.717) is 18.1 Å². The van der Waals surface area contributed by atoms with Crippen molar-refractivity contribution in [3.05, 3.63) is 34.8 Å². The van der Waals surface area contributed by atoms with Crippen molar-refractivity contribution in [2.75, 3.05) is 13.7 Å². The average molecular weight is 357 g/mol. The third kappa shape index (κ3) is 5.79. The summed E-state index contributed by atoms with van der Waals surface area (Å²) in [4.78, 5) is 13.4. The molecule has 116 valence electrons. The molecule has 21 heavy (non-hydrogen) atoms. The van der Waals surface area contributed by atoms with E-state index in [9.17, 15) is 4.79 Å². The molecule has 0 N–H and O–H groups in total. The van der Waals surface area contributed by atoms with Crippen LogP contribution in [0.5, 0.6) is 11.5 Å². The monoisotopic (exact) mass is 356 g/mol. The van der Waals surface area contributed by atoms with Gasteiger partial charge < -0.3 is 14.2 Å². The van der Waals surface area contributed by atoms with Gasteiger partial charge in [-0.1, -0.05) is 28.9 Å². The Balaban J connectivity index is 2.98. The Hall–Kier alpha value is -1.49. The first-order chi connectivity index (χ1) is 10.1. The van der Waals surface area contributed by atoms with E-state index in [1.807, 2.05) is 25.1 Å². The van der Waals surface area contributed by atoms with Gasteiger partial charge in [-0.05, 0) is 30.5 Å². The van der Waals surface area contributed by atoms with Crippen LogP contribution in [-0.4, -0.2) is 25.8 Å². The van der Waals surface area contributed by atoms with Crippen LogP contribution in [0.2, 0.25) is 0 Å². The van der Waals surface area contributed by atoms with Crippen molar-refractivity contribution in [1.82, 2.24) is 0 Å². The molecule has 0 bridgehead atoms. The minimum Gasteiger partial charge on any atom is -0.497 e. The highest BCUT2D eigenvalue weighted by atomic mass is 79.9. The third-order valence-electron chi connectivity index (χ3n) is 2.88. The van der Waals surface area contributed by atoms with Crippen LogP contribution >= 0.6 is 15.9 Å². The summed E-state index contributed by atoms with van der Waals surface area (Å²) in [6.45, 7) is 4.19. The molecule has 0 spiro atoms. The van der Waals surface area contributed by atoms with Gasteiger partial charge in [0.2, 0.25) is 0 Å². The van der Waals surface area contributed by atoms with Gasteiger partial charge in [-0.2, -0.15) is 0 Å². The number of hydrogen-bond donors (Lipinski definition) is 0. The van der Waals surface area contributed by atoms with Crippen LogP contribution in [0.25, 0.3) is 0 Å². The molecule has 0 saturated carbocycles.